The molecule has 0 saturated carbocycles. The first-order valence-electron chi connectivity index (χ1n) is 20.4. The normalized spacial score (nSPS) is 13.5. The molecule has 0 aliphatic heterocycles. The van der Waals surface area contributed by atoms with Crippen molar-refractivity contribution in [2.75, 3.05) is 0 Å². The summed E-state index contributed by atoms with van der Waals surface area (Å²) < 4.78 is 0. The molecule has 1 aromatic heterocycles. The van der Waals surface area contributed by atoms with Crippen molar-refractivity contribution in [3.05, 3.63) is 222 Å². The molecule has 7 aromatic carbocycles. The summed E-state index contributed by atoms with van der Waals surface area (Å²) in [6.07, 6.45) is 6.50. The Morgan fingerprint density at radius 1 is 0.593 bits per heavy atom. The molecule has 3 nitrogen and oxygen atoms in total. The van der Waals surface area contributed by atoms with Crippen molar-refractivity contribution in [1.29, 1.82) is 0 Å². The van der Waals surface area contributed by atoms with E-state index in [9.17, 15) is 0 Å². The molecule has 0 fully saturated rings. The average Bonchev–Trinajstić information content (AvgIpc) is 3.30. The van der Waals surface area contributed by atoms with Crippen LogP contribution in [0, 0.1) is 0 Å². The Bertz CT molecular complexity index is 2970. The average molecular weight is 760 g/mol. The van der Waals surface area contributed by atoms with E-state index in [4.69, 9.17) is 9.98 Å². The number of pyridine rings is 1. The highest BCUT2D eigenvalue weighted by molar-refractivity contribution is 6.14. The zero-order valence-electron chi connectivity index (χ0n) is 33.6. The van der Waals surface area contributed by atoms with E-state index in [1.165, 1.54) is 32.7 Å². The van der Waals surface area contributed by atoms with Crippen LogP contribution < -0.4 is 0 Å². The summed E-state index contributed by atoms with van der Waals surface area (Å²) in [6, 6.07) is 62.6. The van der Waals surface area contributed by atoms with Gasteiger partial charge >= 0.3 is 0 Å². The maximum Gasteiger partial charge on any atom is 0.0744 e. The predicted octanol–water partition coefficient (Wildman–Crippen LogP) is 14.7. The first-order chi connectivity index (χ1) is 29.0. The van der Waals surface area contributed by atoms with Gasteiger partial charge < -0.3 is 0 Å². The van der Waals surface area contributed by atoms with Gasteiger partial charge in [-0.1, -0.05) is 169 Å². The van der Waals surface area contributed by atoms with Gasteiger partial charge in [-0.05, 0) is 113 Å². The number of aliphatic imine (C=N–C) groups is 2. The highest BCUT2D eigenvalue weighted by Crippen LogP contribution is 2.38. The molecule has 0 spiro atoms. The Morgan fingerprint density at radius 3 is 1.95 bits per heavy atom. The summed E-state index contributed by atoms with van der Waals surface area (Å²) in [6.45, 7) is 8.83. The Morgan fingerprint density at radius 2 is 1.22 bits per heavy atom. The van der Waals surface area contributed by atoms with Gasteiger partial charge in [0.2, 0.25) is 0 Å². The molecule has 8 aromatic rings. The van der Waals surface area contributed by atoms with E-state index < -0.39 is 0 Å². The van der Waals surface area contributed by atoms with Gasteiger partial charge in [-0.2, -0.15) is 0 Å². The minimum absolute atomic E-state index is 0.536. The summed E-state index contributed by atoms with van der Waals surface area (Å²) in [4.78, 5) is 15.1. The molecule has 3 heteroatoms. The first-order valence-corrected chi connectivity index (χ1v) is 20.4. The number of rotatable bonds is 10. The van der Waals surface area contributed by atoms with E-state index in [-0.39, 0.29) is 0 Å². The molecule has 1 heterocycles. The molecule has 59 heavy (non-hydrogen) atoms. The maximum atomic E-state index is 5.26. The first kappa shape index (κ1) is 37.4. The Balaban J connectivity index is 1.06. The van der Waals surface area contributed by atoms with Crippen molar-refractivity contribution in [2.24, 2.45) is 9.98 Å². The van der Waals surface area contributed by atoms with Crippen LogP contribution in [0.2, 0.25) is 0 Å². The molecule has 284 valence electrons. The zero-order valence-corrected chi connectivity index (χ0v) is 33.6. The number of nitrogens with zero attached hydrogens (tertiary/aromatic N) is 3. The quantitative estimate of drug-likeness (QED) is 0.101. The van der Waals surface area contributed by atoms with Gasteiger partial charge in [0.25, 0.3) is 0 Å². The van der Waals surface area contributed by atoms with E-state index in [2.05, 4.69) is 208 Å². The van der Waals surface area contributed by atoms with Crippen molar-refractivity contribution in [1.82, 2.24) is 4.98 Å². The van der Waals surface area contributed by atoms with Crippen molar-refractivity contribution < 1.29 is 0 Å². The standard InChI is InChI=1S/C56H45N3/c1-38-17-10-12-25-48(38)56(57-3)39(2)55(44-21-8-5-9-22-44)58-37-40-18-16-24-45(33-40)41-29-31-43(32-30-41)54-36-47(35-53(59-54)42-19-6-4-7-20-42)52-34-46-23-11-13-26-49(46)50-27-14-15-28-51(50)52/h4-9,11-16,18-36H,3,10,17,37H2,1-2H3/b56-39-,58-55?. The third-order valence-corrected chi connectivity index (χ3v) is 11.4. The third-order valence-electron chi connectivity index (χ3n) is 11.4. The van der Waals surface area contributed by atoms with E-state index in [0.717, 1.165) is 85.7 Å². The molecule has 0 saturated heterocycles. The summed E-state index contributed by atoms with van der Waals surface area (Å²) in [5.74, 6) is 0. The van der Waals surface area contributed by atoms with Crippen molar-refractivity contribution in [3.63, 3.8) is 0 Å². The van der Waals surface area contributed by atoms with Crippen LogP contribution in [0.4, 0.5) is 0 Å². The van der Waals surface area contributed by atoms with Crippen LogP contribution in [0.25, 0.3) is 66.3 Å². The zero-order chi connectivity index (χ0) is 40.1. The van der Waals surface area contributed by atoms with Crippen LogP contribution in [-0.4, -0.2) is 17.4 Å². The second-order valence-electron chi connectivity index (χ2n) is 15.3. The molecule has 1 aliphatic carbocycles. The molecule has 0 radical (unpaired) electrons. The SMILES string of the molecule is C=N/C(C1=C(C)CCC=C1)=C(/C)C(=NCc1cccc(-c2ccc(-c3cc(-c4cc5ccccc5c5ccccc45)cc(-c4ccccc4)n3)cc2)c1)c1ccccc1. The molecule has 0 unspecified atom stereocenters. The maximum absolute atomic E-state index is 5.26. The third kappa shape index (κ3) is 7.76. The highest BCUT2D eigenvalue weighted by atomic mass is 14.8. The number of benzene rings is 7. The number of hydrogen-bond acceptors (Lipinski definition) is 3. The van der Waals surface area contributed by atoms with Gasteiger partial charge in [0.15, 0.2) is 0 Å². The molecular formula is C56H45N3. The van der Waals surface area contributed by atoms with Gasteiger partial charge in [0.05, 0.1) is 29.3 Å². The van der Waals surface area contributed by atoms with Crippen LogP contribution in [0.5, 0.6) is 0 Å². The lowest BCUT2D eigenvalue weighted by Crippen LogP contribution is -2.08. The highest BCUT2D eigenvalue weighted by Gasteiger charge is 2.17. The van der Waals surface area contributed by atoms with E-state index in [1.54, 1.807) is 0 Å². The monoisotopic (exact) mass is 759 g/mol. The minimum atomic E-state index is 0.536. The molecular weight excluding hydrogens is 715 g/mol. The number of aromatic nitrogens is 1. The second kappa shape index (κ2) is 16.7. The smallest absolute Gasteiger partial charge is 0.0744 e. The van der Waals surface area contributed by atoms with Gasteiger partial charge in [0, 0.05) is 22.3 Å². The molecule has 0 amide bonds. The number of fused-ring (bicyclic) bond motifs is 3. The van der Waals surface area contributed by atoms with E-state index >= 15 is 0 Å². The topological polar surface area (TPSA) is 37.6 Å². The Hall–Kier alpha value is -7.23. The largest absolute Gasteiger partial charge is 0.280 e. The van der Waals surface area contributed by atoms with Crippen LogP contribution in [-0.2, 0) is 6.54 Å². The number of hydrogen-bond donors (Lipinski definition) is 0. The van der Waals surface area contributed by atoms with Gasteiger partial charge in [-0.3, -0.25) is 9.98 Å². The van der Waals surface area contributed by atoms with Crippen LogP contribution in [0.15, 0.2) is 220 Å². The molecule has 0 N–H and O–H groups in total. The van der Waals surface area contributed by atoms with Gasteiger partial charge in [-0.25, -0.2) is 4.98 Å². The summed E-state index contributed by atoms with van der Waals surface area (Å²) >= 11 is 0. The van der Waals surface area contributed by atoms with Gasteiger partial charge in [-0.15, -0.1) is 0 Å². The van der Waals surface area contributed by atoms with Crippen LogP contribution in [0.1, 0.15) is 37.8 Å². The van der Waals surface area contributed by atoms with E-state index in [1.807, 2.05) is 6.07 Å². The van der Waals surface area contributed by atoms with E-state index in [0.29, 0.717) is 6.54 Å². The van der Waals surface area contributed by atoms with Crippen LogP contribution >= 0.6 is 0 Å². The van der Waals surface area contributed by atoms with Crippen molar-refractivity contribution >= 4 is 34.0 Å². The van der Waals surface area contributed by atoms with Crippen molar-refractivity contribution in [3.8, 4) is 44.8 Å². The van der Waals surface area contributed by atoms with Crippen LogP contribution in [0.3, 0.4) is 0 Å². The second-order valence-corrected chi connectivity index (χ2v) is 15.3. The fraction of sp³-hybridized carbons (Fsp3) is 0.0893. The Kier molecular flexibility index (Phi) is 10.6. The predicted molar refractivity (Wildman–Crippen MR) is 251 cm³/mol. The summed E-state index contributed by atoms with van der Waals surface area (Å²) in [7, 11) is 0. The molecule has 0 bridgehead atoms. The lowest BCUT2D eigenvalue weighted by molar-refractivity contribution is 0.938. The molecule has 1 aliphatic rings. The fourth-order valence-corrected chi connectivity index (χ4v) is 8.34. The lowest BCUT2D eigenvalue weighted by Gasteiger charge is -2.17. The summed E-state index contributed by atoms with van der Waals surface area (Å²) in [5.41, 5.74) is 16.2. The lowest BCUT2D eigenvalue weighted by atomic mass is 9.92. The molecule has 0 atom stereocenters. The van der Waals surface area contributed by atoms with Crippen molar-refractivity contribution in [2.45, 2.75) is 33.2 Å². The molecule has 9 rings (SSSR count). The van der Waals surface area contributed by atoms with Gasteiger partial charge in [0.1, 0.15) is 0 Å². The Labute approximate surface area is 347 Å². The minimum Gasteiger partial charge on any atom is -0.280 e. The fourth-order valence-electron chi connectivity index (χ4n) is 8.34. The number of allylic oxidation sites excluding steroid dienone is 4. The summed E-state index contributed by atoms with van der Waals surface area (Å²) in [5, 5.41) is 4.97.